The van der Waals surface area contributed by atoms with Crippen LogP contribution in [-0.4, -0.2) is 28.8 Å². The van der Waals surface area contributed by atoms with Crippen molar-refractivity contribution in [2.75, 3.05) is 0 Å². The zero-order valence-corrected chi connectivity index (χ0v) is 19.5. The highest BCUT2D eigenvalue weighted by Crippen LogP contribution is 2.22. The van der Waals surface area contributed by atoms with Crippen LogP contribution in [0.2, 0.25) is 5.02 Å². The number of carbonyl (C=O) groups excluding carboxylic acids is 2. The van der Waals surface area contributed by atoms with Crippen LogP contribution in [0.5, 0.6) is 0 Å². The lowest BCUT2D eigenvalue weighted by Crippen LogP contribution is -2.51. The van der Waals surface area contributed by atoms with Gasteiger partial charge >= 0.3 is 0 Å². The van der Waals surface area contributed by atoms with E-state index in [1.54, 1.807) is 4.90 Å². The van der Waals surface area contributed by atoms with E-state index < -0.39 is 6.04 Å². The molecule has 0 heterocycles. The lowest BCUT2D eigenvalue weighted by Gasteiger charge is -2.32. The molecule has 166 valence electrons. The Morgan fingerprint density at radius 2 is 1.74 bits per heavy atom. The first-order valence-corrected chi connectivity index (χ1v) is 11.7. The van der Waals surface area contributed by atoms with E-state index in [0.717, 1.165) is 47.9 Å². The molecule has 0 spiro atoms. The van der Waals surface area contributed by atoms with Gasteiger partial charge in [0.15, 0.2) is 0 Å². The first kappa shape index (κ1) is 23.3. The normalized spacial score (nSPS) is 15.0. The first-order valence-electron chi connectivity index (χ1n) is 11.3. The molecule has 1 aliphatic carbocycles. The van der Waals surface area contributed by atoms with Crippen LogP contribution in [0, 0.1) is 13.8 Å². The number of nitrogens with zero attached hydrogens (tertiary/aromatic N) is 1. The van der Waals surface area contributed by atoms with Gasteiger partial charge in [0.25, 0.3) is 0 Å². The van der Waals surface area contributed by atoms with Crippen LogP contribution < -0.4 is 5.32 Å². The topological polar surface area (TPSA) is 49.4 Å². The third kappa shape index (κ3) is 6.33. The van der Waals surface area contributed by atoms with E-state index in [0.29, 0.717) is 18.0 Å². The number of benzene rings is 2. The maximum Gasteiger partial charge on any atom is 0.243 e. The van der Waals surface area contributed by atoms with Crippen molar-refractivity contribution >= 4 is 23.4 Å². The molecule has 1 fully saturated rings. The van der Waals surface area contributed by atoms with E-state index in [1.165, 1.54) is 0 Å². The van der Waals surface area contributed by atoms with Crippen molar-refractivity contribution in [1.29, 1.82) is 0 Å². The summed E-state index contributed by atoms with van der Waals surface area (Å²) in [6, 6.07) is 13.4. The van der Waals surface area contributed by atoms with E-state index in [1.807, 2.05) is 57.2 Å². The SMILES string of the molecule is CC[C@H](C(=O)NC1CCCC1)N(Cc1ccccc1Cl)C(=O)Cc1cc(C)cc(C)c1. The molecule has 1 saturated carbocycles. The molecule has 0 radical (unpaired) electrons. The van der Waals surface area contributed by atoms with E-state index in [2.05, 4.69) is 11.4 Å². The highest BCUT2D eigenvalue weighted by atomic mass is 35.5. The standard InChI is InChI=1S/C26H33ClN2O2/c1-4-24(26(31)28-22-10-6-7-11-22)29(17-21-9-5-8-12-23(21)27)25(30)16-20-14-18(2)13-19(3)15-20/h5,8-9,12-15,22,24H,4,6-7,10-11,16-17H2,1-3H3,(H,28,31)/t24-/m1/s1. The third-order valence-corrected chi connectivity index (χ3v) is 6.39. The molecule has 1 atom stereocenters. The fourth-order valence-corrected chi connectivity index (χ4v) is 4.74. The first-order chi connectivity index (χ1) is 14.9. The molecule has 1 aliphatic rings. The van der Waals surface area contributed by atoms with Crippen molar-refractivity contribution in [2.24, 2.45) is 0 Å². The van der Waals surface area contributed by atoms with Crippen LogP contribution in [-0.2, 0) is 22.6 Å². The summed E-state index contributed by atoms with van der Waals surface area (Å²) in [5.74, 6) is -0.117. The Hall–Kier alpha value is -2.33. The van der Waals surface area contributed by atoms with Crippen LogP contribution in [0.25, 0.3) is 0 Å². The number of carbonyl (C=O) groups is 2. The second kappa shape index (κ2) is 10.8. The predicted octanol–water partition coefficient (Wildman–Crippen LogP) is 5.37. The van der Waals surface area contributed by atoms with Crippen molar-refractivity contribution in [2.45, 2.75) is 77.9 Å². The Morgan fingerprint density at radius 3 is 2.35 bits per heavy atom. The minimum Gasteiger partial charge on any atom is -0.352 e. The van der Waals surface area contributed by atoms with Crippen molar-refractivity contribution < 1.29 is 9.59 Å². The smallest absolute Gasteiger partial charge is 0.243 e. The summed E-state index contributed by atoms with van der Waals surface area (Å²) in [6.45, 7) is 6.35. The molecule has 2 aromatic rings. The average molecular weight is 441 g/mol. The number of aryl methyl sites for hydroxylation is 2. The van der Waals surface area contributed by atoms with Gasteiger partial charge in [0.2, 0.25) is 11.8 Å². The summed E-state index contributed by atoms with van der Waals surface area (Å²) < 4.78 is 0. The Labute approximate surface area is 191 Å². The van der Waals surface area contributed by atoms with Crippen LogP contribution in [0.15, 0.2) is 42.5 Å². The monoisotopic (exact) mass is 440 g/mol. The molecule has 0 saturated heterocycles. The number of rotatable bonds is 8. The fraction of sp³-hybridized carbons (Fsp3) is 0.462. The van der Waals surface area contributed by atoms with Crippen LogP contribution >= 0.6 is 11.6 Å². The van der Waals surface area contributed by atoms with E-state index in [9.17, 15) is 9.59 Å². The van der Waals surface area contributed by atoms with Crippen molar-refractivity contribution in [3.8, 4) is 0 Å². The molecule has 1 N–H and O–H groups in total. The fourth-order valence-electron chi connectivity index (χ4n) is 4.54. The second-order valence-corrected chi connectivity index (χ2v) is 9.11. The minimum absolute atomic E-state index is 0.0571. The summed E-state index contributed by atoms with van der Waals surface area (Å²) in [7, 11) is 0. The van der Waals surface area contributed by atoms with Crippen molar-refractivity contribution in [3.05, 3.63) is 69.7 Å². The second-order valence-electron chi connectivity index (χ2n) is 8.70. The predicted molar refractivity (Wildman–Crippen MR) is 126 cm³/mol. The average Bonchev–Trinajstić information content (AvgIpc) is 3.21. The maximum atomic E-state index is 13.5. The maximum absolute atomic E-state index is 13.5. The Balaban J connectivity index is 1.85. The summed E-state index contributed by atoms with van der Waals surface area (Å²) in [5.41, 5.74) is 4.08. The van der Waals surface area contributed by atoms with E-state index in [-0.39, 0.29) is 24.3 Å². The molecule has 0 aromatic heterocycles. The van der Waals surface area contributed by atoms with Gasteiger partial charge in [-0.25, -0.2) is 0 Å². The van der Waals surface area contributed by atoms with Gasteiger partial charge in [0.05, 0.1) is 6.42 Å². The van der Waals surface area contributed by atoms with Crippen molar-refractivity contribution in [1.82, 2.24) is 10.2 Å². The van der Waals surface area contributed by atoms with Crippen LogP contribution in [0.1, 0.15) is 61.3 Å². The lowest BCUT2D eigenvalue weighted by molar-refractivity contribution is -0.141. The highest BCUT2D eigenvalue weighted by molar-refractivity contribution is 6.31. The van der Waals surface area contributed by atoms with Gasteiger partial charge in [-0.15, -0.1) is 0 Å². The van der Waals surface area contributed by atoms with Gasteiger partial charge in [-0.1, -0.05) is 78.9 Å². The Bertz CT molecular complexity index is 901. The Morgan fingerprint density at radius 1 is 1.10 bits per heavy atom. The molecular weight excluding hydrogens is 408 g/mol. The number of nitrogens with one attached hydrogen (secondary N) is 1. The zero-order valence-electron chi connectivity index (χ0n) is 18.8. The molecule has 31 heavy (non-hydrogen) atoms. The van der Waals surface area contributed by atoms with Gasteiger partial charge < -0.3 is 10.2 Å². The highest BCUT2D eigenvalue weighted by Gasteiger charge is 2.31. The molecule has 0 bridgehead atoms. The van der Waals surface area contributed by atoms with Gasteiger partial charge in [0.1, 0.15) is 6.04 Å². The van der Waals surface area contributed by atoms with E-state index in [4.69, 9.17) is 11.6 Å². The number of hydrogen-bond acceptors (Lipinski definition) is 2. The number of hydrogen-bond donors (Lipinski definition) is 1. The number of amides is 2. The van der Waals surface area contributed by atoms with Gasteiger partial charge in [-0.3, -0.25) is 9.59 Å². The van der Waals surface area contributed by atoms with Crippen LogP contribution in [0.3, 0.4) is 0 Å². The number of halogens is 1. The summed E-state index contributed by atoms with van der Waals surface area (Å²) in [6.07, 6.45) is 5.15. The Kier molecular flexibility index (Phi) is 8.14. The lowest BCUT2D eigenvalue weighted by atomic mass is 10.0. The van der Waals surface area contributed by atoms with Gasteiger partial charge in [-0.2, -0.15) is 0 Å². The third-order valence-electron chi connectivity index (χ3n) is 6.02. The van der Waals surface area contributed by atoms with E-state index >= 15 is 0 Å². The summed E-state index contributed by atoms with van der Waals surface area (Å²) in [4.78, 5) is 28.4. The zero-order chi connectivity index (χ0) is 22.4. The van der Waals surface area contributed by atoms with Gasteiger partial charge in [-0.05, 0) is 50.3 Å². The van der Waals surface area contributed by atoms with Crippen LogP contribution in [0.4, 0.5) is 0 Å². The minimum atomic E-state index is -0.518. The summed E-state index contributed by atoms with van der Waals surface area (Å²) >= 11 is 6.40. The molecule has 0 aliphatic heterocycles. The van der Waals surface area contributed by atoms with Gasteiger partial charge in [0, 0.05) is 17.6 Å². The largest absolute Gasteiger partial charge is 0.352 e. The molecule has 3 rings (SSSR count). The molecule has 2 amide bonds. The van der Waals surface area contributed by atoms with Crippen molar-refractivity contribution in [3.63, 3.8) is 0 Å². The molecule has 4 nitrogen and oxygen atoms in total. The molecular formula is C26H33ClN2O2. The molecule has 5 heteroatoms. The molecule has 0 unspecified atom stereocenters. The summed E-state index contributed by atoms with van der Waals surface area (Å²) in [5, 5.41) is 3.79. The molecule has 2 aromatic carbocycles. The quantitative estimate of drug-likeness (QED) is 0.600.